The summed E-state index contributed by atoms with van der Waals surface area (Å²) in [5.74, 6) is -0.796. The minimum atomic E-state index is -0.441. The largest absolute Gasteiger partial charge is 0.383 e. The van der Waals surface area contributed by atoms with Crippen LogP contribution in [0.2, 0.25) is 0 Å². The summed E-state index contributed by atoms with van der Waals surface area (Å²) in [6.07, 6.45) is 0. The Hall–Kier alpha value is -1.46. The van der Waals surface area contributed by atoms with Gasteiger partial charge in [0.05, 0.1) is 12.6 Å². The van der Waals surface area contributed by atoms with Gasteiger partial charge >= 0.3 is 0 Å². The van der Waals surface area contributed by atoms with Gasteiger partial charge in [-0.1, -0.05) is 6.07 Å². The Bertz CT molecular complexity index is 358. The highest BCUT2D eigenvalue weighted by atomic mass is 19.1. The Labute approximate surface area is 93.6 Å². The van der Waals surface area contributed by atoms with Crippen molar-refractivity contribution in [1.29, 1.82) is 0 Å². The van der Waals surface area contributed by atoms with Crippen molar-refractivity contribution in [3.63, 3.8) is 0 Å². The summed E-state index contributed by atoms with van der Waals surface area (Å²) in [6, 6.07) is 5.22. The first kappa shape index (κ1) is 12.6. The maximum atomic E-state index is 12.9. The zero-order valence-electron chi connectivity index (χ0n) is 9.07. The van der Waals surface area contributed by atoms with Crippen LogP contribution < -0.4 is 11.1 Å². The fourth-order valence-corrected chi connectivity index (χ4v) is 1.27. The molecule has 1 unspecified atom stereocenters. The molecule has 16 heavy (non-hydrogen) atoms. The minimum Gasteiger partial charge on any atom is -0.383 e. The number of rotatable bonds is 5. The summed E-state index contributed by atoms with van der Waals surface area (Å²) in [4.78, 5) is 11.7. The fourth-order valence-electron chi connectivity index (χ4n) is 1.27. The van der Waals surface area contributed by atoms with E-state index in [-0.39, 0.29) is 24.1 Å². The number of hydrogen-bond donors (Lipinski definition) is 2. The number of nitrogens with one attached hydrogen (secondary N) is 1. The van der Waals surface area contributed by atoms with Crippen molar-refractivity contribution in [2.24, 2.45) is 5.73 Å². The molecular weight excluding hydrogens is 211 g/mol. The molecule has 0 radical (unpaired) electrons. The van der Waals surface area contributed by atoms with Crippen molar-refractivity contribution in [2.75, 3.05) is 20.3 Å². The summed E-state index contributed by atoms with van der Waals surface area (Å²) in [5, 5.41) is 2.66. The molecule has 1 aromatic carbocycles. The summed E-state index contributed by atoms with van der Waals surface area (Å²) in [6.45, 7) is 0.604. The normalized spacial score (nSPS) is 12.2. The summed E-state index contributed by atoms with van der Waals surface area (Å²) in [5.41, 5.74) is 5.72. The van der Waals surface area contributed by atoms with Crippen LogP contribution in [0.4, 0.5) is 4.39 Å². The van der Waals surface area contributed by atoms with Gasteiger partial charge in [-0.05, 0) is 18.2 Å². The number of ether oxygens (including phenoxy) is 1. The van der Waals surface area contributed by atoms with Gasteiger partial charge in [0, 0.05) is 19.2 Å². The summed E-state index contributed by atoms with van der Waals surface area (Å²) in [7, 11) is 1.52. The van der Waals surface area contributed by atoms with E-state index < -0.39 is 5.82 Å². The van der Waals surface area contributed by atoms with Crippen LogP contribution in [0.15, 0.2) is 24.3 Å². The molecule has 0 aliphatic heterocycles. The first-order chi connectivity index (χ1) is 7.67. The molecule has 0 aliphatic rings. The average molecular weight is 226 g/mol. The molecule has 1 aromatic rings. The second-order valence-electron chi connectivity index (χ2n) is 3.37. The van der Waals surface area contributed by atoms with Crippen LogP contribution in [0.1, 0.15) is 10.4 Å². The van der Waals surface area contributed by atoms with Crippen molar-refractivity contribution in [2.45, 2.75) is 6.04 Å². The zero-order chi connectivity index (χ0) is 12.0. The lowest BCUT2D eigenvalue weighted by Gasteiger charge is -2.15. The topological polar surface area (TPSA) is 64.3 Å². The Morgan fingerprint density at radius 1 is 1.62 bits per heavy atom. The Morgan fingerprint density at radius 3 is 2.94 bits per heavy atom. The van der Waals surface area contributed by atoms with E-state index >= 15 is 0 Å². The molecule has 5 heteroatoms. The van der Waals surface area contributed by atoms with Gasteiger partial charge in [-0.2, -0.15) is 0 Å². The van der Waals surface area contributed by atoms with Crippen LogP contribution in [0, 0.1) is 5.82 Å². The van der Waals surface area contributed by atoms with Crippen LogP contribution in [-0.4, -0.2) is 32.2 Å². The van der Waals surface area contributed by atoms with Gasteiger partial charge in [-0.25, -0.2) is 4.39 Å². The molecule has 0 saturated carbocycles. The lowest BCUT2D eigenvalue weighted by atomic mass is 10.2. The number of carbonyl (C=O) groups excluding carboxylic acids is 1. The molecule has 88 valence electrons. The Balaban J connectivity index is 2.64. The first-order valence-corrected chi connectivity index (χ1v) is 4.92. The molecule has 1 atom stereocenters. The van der Waals surface area contributed by atoms with Gasteiger partial charge in [0.15, 0.2) is 0 Å². The Morgan fingerprint density at radius 2 is 2.38 bits per heavy atom. The number of carbonyl (C=O) groups is 1. The molecule has 3 N–H and O–H groups in total. The number of benzene rings is 1. The summed E-state index contributed by atoms with van der Waals surface area (Å²) < 4.78 is 17.8. The van der Waals surface area contributed by atoms with E-state index in [1.807, 2.05) is 0 Å². The maximum absolute atomic E-state index is 12.9. The molecule has 0 fully saturated rings. The van der Waals surface area contributed by atoms with Gasteiger partial charge in [0.1, 0.15) is 5.82 Å². The molecule has 1 rings (SSSR count). The standard InChI is InChI=1S/C11H15FN2O2/c1-16-7-10(6-13)14-11(15)8-3-2-4-9(12)5-8/h2-5,10H,6-7,13H2,1H3,(H,14,15). The van der Waals surface area contributed by atoms with Crippen molar-refractivity contribution in [1.82, 2.24) is 5.32 Å². The first-order valence-electron chi connectivity index (χ1n) is 4.92. The summed E-state index contributed by atoms with van der Waals surface area (Å²) >= 11 is 0. The van der Waals surface area contributed by atoms with E-state index in [0.29, 0.717) is 6.61 Å². The highest BCUT2D eigenvalue weighted by molar-refractivity contribution is 5.94. The van der Waals surface area contributed by atoms with Gasteiger partial charge in [-0.15, -0.1) is 0 Å². The van der Waals surface area contributed by atoms with Gasteiger partial charge in [0.2, 0.25) is 0 Å². The van der Waals surface area contributed by atoms with Crippen molar-refractivity contribution in [3.8, 4) is 0 Å². The van der Waals surface area contributed by atoms with Crippen LogP contribution in [0.3, 0.4) is 0 Å². The molecular formula is C11H15FN2O2. The van der Waals surface area contributed by atoms with E-state index in [1.165, 1.54) is 25.3 Å². The molecule has 1 amide bonds. The predicted molar refractivity (Wildman–Crippen MR) is 58.6 cm³/mol. The SMILES string of the molecule is COCC(CN)NC(=O)c1cccc(F)c1. The Kier molecular flexibility index (Phi) is 4.88. The van der Waals surface area contributed by atoms with Crippen LogP contribution in [0.5, 0.6) is 0 Å². The predicted octanol–water partition coefficient (Wildman–Crippen LogP) is 0.529. The van der Waals surface area contributed by atoms with E-state index in [4.69, 9.17) is 10.5 Å². The highest BCUT2D eigenvalue weighted by Crippen LogP contribution is 2.03. The molecule has 0 spiro atoms. The minimum absolute atomic E-state index is 0.263. The molecule has 0 aromatic heterocycles. The number of amides is 1. The second-order valence-corrected chi connectivity index (χ2v) is 3.37. The lowest BCUT2D eigenvalue weighted by Crippen LogP contribution is -2.43. The van der Waals surface area contributed by atoms with Crippen LogP contribution in [-0.2, 0) is 4.74 Å². The zero-order valence-corrected chi connectivity index (χ0v) is 9.07. The van der Waals surface area contributed by atoms with E-state index in [1.54, 1.807) is 6.07 Å². The number of hydrogen-bond acceptors (Lipinski definition) is 3. The molecule has 4 nitrogen and oxygen atoms in total. The van der Waals surface area contributed by atoms with Crippen molar-refractivity contribution < 1.29 is 13.9 Å². The third-order valence-electron chi connectivity index (χ3n) is 2.07. The molecule has 0 heterocycles. The molecule has 0 aliphatic carbocycles. The number of nitrogens with two attached hydrogens (primary N) is 1. The maximum Gasteiger partial charge on any atom is 0.251 e. The smallest absolute Gasteiger partial charge is 0.251 e. The van der Waals surface area contributed by atoms with E-state index in [9.17, 15) is 9.18 Å². The van der Waals surface area contributed by atoms with Crippen LogP contribution in [0.25, 0.3) is 0 Å². The number of halogens is 1. The van der Waals surface area contributed by atoms with E-state index in [0.717, 1.165) is 0 Å². The highest BCUT2D eigenvalue weighted by Gasteiger charge is 2.12. The molecule has 0 bridgehead atoms. The third kappa shape index (κ3) is 3.60. The number of methoxy groups -OCH3 is 1. The van der Waals surface area contributed by atoms with Gasteiger partial charge < -0.3 is 15.8 Å². The lowest BCUT2D eigenvalue weighted by molar-refractivity contribution is 0.0900. The monoisotopic (exact) mass is 226 g/mol. The quantitative estimate of drug-likeness (QED) is 0.769. The van der Waals surface area contributed by atoms with Gasteiger partial charge in [-0.3, -0.25) is 4.79 Å². The molecule has 0 saturated heterocycles. The van der Waals surface area contributed by atoms with Crippen molar-refractivity contribution >= 4 is 5.91 Å². The third-order valence-corrected chi connectivity index (χ3v) is 2.07. The van der Waals surface area contributed by atoms with Crippen LogP contribution >= 0.6 is 0 Å². The van der Waals surface area contributed by atoms with Gasteiger partial charge in [0.25, 0.3) is 5.91 Å². The van der Waals surface area contributed by atoms with E-state index in [2.05, 4.69) is 5.32 Å². The fraction of sp³-hybridized carbons (Fsp3) is 0.364. The average Bonchev–Trinajstić information content (AvgIpc) is 2.28. The second kappa shape index (κ2) is 6.19. The van der Waals surface area contributed by atoms with Crippen molar-refractivity contribution in [3.05, 3.63) is 35.6 Å².